The van der Waals surface area contributed by atoms with E-state index in [2.05, 4.69) is 16.0 Å². The van der Waals surface area contributed by atoms with Crippen LogP contribution in [0.25, 0.3) is 10.8 Å². The lowest BCUT2D eigenvalue weighted by Gasteiger charge is -2.26. The van der Waals surface area contributed by atoms with Crippen LogP contribution in [0.4, 0.5) is 0 Å². The summed E-state index contributed by atoms with van der Waals surface area (Å²) in [6.45, 7) is 9.41. The summed E-state index contributed by atoms with van der Waals surface area (Å²) in [4.78, 5) is 63.1. The van der Waals surface area contributed by atoms with Crippen molar-refractivity contribution in [2.45, 2.75) is 72.0 Å². The monoisotopic (exact) mass is 566 g/mol. The Morgan fingerprint density at radius 1 is 0.902 bits per heavy atom. The molecule has 0 aliphatic carbocycles. The molecular formula is C31H42N4O6. The summed E-state index contributed by atoms with van der Waals surface area (Å²) in [7, 11) is 0. The minimum atomic E-state index is -1.10. The first-order valence-electron chi connectivity index (χ1n) is 13.9. The molecule has 0 heterocycles. The second-order valence-corrected chi connectivity index (χ2v) is 10.7. The zero-order chi connectivity index (χ0) is 30.5. The molecule has 0 bridgehead atoms. The molecule has 2 rings (SSSR count). The van der Waals surface area contributed by atoms with E-state index in [1.54, 1.807) is 39.0 Å². The van der Waals surface area contributed by atoms with E-state index in [0.29, 0.717) is 12.0 Å². The van der Waals surface area contributed by atoms with Crippen molar-refractivity contribution in [2.75, 3.05) is 6.61 Å². The number of ether oxygens (including phenoxy) is 1. The van der Waals surface area contributed by atoms with Crippen LogP contribution < -0.4 is 21.7 Å². The van der Waals surface area contributed by atoms with Crippen LogP contribution in [0.1, 0.15) is 64.2 Å². The van der Waals surface area contributed by atoms with Gasteiger partial charge in [0.15, 0.2) is 0 Å². The van der Waals surface area contributed by atoms with Crippen LogP contribution in [0.2, 0.25) is 0 Å². The van der Waals surface area contributed by atoms with Crippen molar-refractivity contribution in [3.63, 3.8) is 0 Å². The highest BCUT2D eigenvalue weighted by Gasteiger charge is 2.30. The summed E-state index contributed by atoms with van der Waals surface area (Å²) in [5, 5.41) is 10.2. The Kier molecular flexibility index (Phi) is 13.0. The third kappa shape index (κ3) is 11.1. The van der Waals surface area contributed by atoms with Crippen molar-refractivity contribution in [2.24, 2.45) is 17.6 Å². The van der Waals surface area contributed by atoms with Crippen molar-refractivity contribution >= 4 is 40.4 Å². The zero-order valence-corrected chi connectivity index (χ0v) is 24.4. The van der Waals surface area contributed by atoms with Gasteiger partial charge in [0.2, 0.25) is 17.7 Å². The van der Waals surface area contributed by atoms with E-state index in [9.17, 15) is 24.0 Å². The number of carbonyl (C=O) groups excluding carboxylic acids is 5. The van der Waals surface area contributed by atoms with Crippen LogP contribution in [0, 0.1) is 11.8 Å². The normalized spacial score (nSPS) is 13.5. The van der Waals surface area contributed by atoms with E-state index < -0.39 is 47.7 Å². The number of hydrogen-bond donors (Lipinski definition) is 4. The smallest absolute Gasteiger partial charge is 0.330 e. The molecule has 0 saturated heterocycles. The molecular weight excluding hydrogens is 524 g/mol. The van der Waals surface area contributed by atoms with Crippen LogP contribution in [0.3, 0.4) is 0 Å². The van der Waals surface area contributed by atoms with Gasteiger partial charge in [-0.25, -0.2) is 4.79 Å². The summed E-state index contributed by atoms with van der Waals surface area (Å²) < 4.78 is 4.92. The van der Waals surface area contributed by atoms with Crippen LogP contribution in [0.5, 0.6) is 0 Å². The van der Waals surface area contributed by atoms with Crippen molar-refractivity contribution < 1.29 is 28.7 Å². The molecule has 0 aromatic heterocycles. The lowest BCUT2D eigenvalue weighted by molar-refractivity contribution is -0.137. The molecule has 10 nitrogen and oxygen atoms in total. The maximum absolute atomic E-state index is 13.4. The highest BCUT2D eigenvalue weighted by Crippen LogP contribution is 2.16. The topological polar surface area (TPSA) is 157 Å². The number of esters is 1. The van der Waals surface area contributed by atoms with E-state index >= 15 is 0 Å². The van der Waals surface area contributed by atoms with Gasteiger partial charge in [-0.2, -0.15) is 0 Å². The largest absolute Gasteiger partial charge is 0.463 e. The van der Waals surface area contributed by atoms with E-state index in [4.69, 9.17) is 10.5 Å². The van der Waals surface area contributed by atoms with Gasteiger partial charge in [-0.05, 0) is 54.5 Å². The predicted molar refractivity (Wildman–Crippen MR) is 158 cm³/mol. The lowest BCUT2D eigenvalue weighted by atomic mass is 10.00. The van der Waals surface area contributed by atoms with Crippen molar-refractivity contribution in [3.05, 3.63) is 60.2 Å². The van der Waals surface area contributed by atoms with E-state index in [1.165, 1.54) is 6.08 Å². The fourth-order valence-electron chi connectivity index (χ4n) is 4.27. The quantitative estimate of drug-likeness (QED) is 0.192. The zero-order valence-electron chi connectivity index (χ0n) is 24.4. The predicted octanol–water partition coefficient (Wildman–Crippen LogP) is 2.99. The number of carbonyl (C=O) groups is 5. The Balaban J connectivity index is 2.20. The first-order chi connectivity index (χ1) is 19.4. The number of fused-ring (bicyclic) bond motifs is 1. The summed E-state index contributed by atoms with van der Waals surface area (Å²) in [5.74, 6) is -2.81. The molecule has 3 atom stereocenters. The van der Waals surface area contributed by atoms with E-state index in [0.717, 1.165) is 10.8 Å². The lowest BCUT2D eigenvalue weighted by Crippen LogP contribution is -2.56. The molecule has 0 aliphatic rings. The summed E-state index contributed by atoms with van der Waals surface area (Å²) >= 11 is 0. The van der Waals surface area contributed by atoms with Gasteiger partial charge in [-0.1, -0.05) is 64.1 Å². The number of benzene rings is 2. The average molecular weight is 567 g/mol. The summed E-state index contributed by atoms with van der Waals surface area (Å²) in [6, 6.07) is 10.3. The van der Waals surface area contributed by atoms with Crippen molar-refractivity contribution in [3.8, 4) is 0 Å². The van der Waals surface area contributed by atoms with E-state index in [1.807, 2.05) is 44.2 Å². The third-order valence-electron chi connectivity index (χ3n) is 6.36. The Labute approximate surface area is 241 Å². The third-order valence-corrected chi connectivity index (χ3v) is 6.36. The molecule has 0 saturated carbocycles. The minimum Gasteiger partial charge on any atom is -0.463 e. The van der Waals surface area contributed by atoms with Crippen LogP contribution in [0.15, 0.2) is 54.6 Å². The molecule has 0 radical (unpaired) electrons. The van der Waals surface area contributed by atoms with Gasteiger partial charge >= 0.3 is 5.97 Å². The fraction of sp³-hybridized carbons (Fsp3) is 0.452. The Hall–Kier alpha value is -4.21. The molecule has 2 aromatic carbocycles. The molecule has 41 heavy (non-hydrogen) atoms. The van der Waals surface area contributed by atoms with Crippen molar-refractivity contribution in [1.82, 2.24) is 16.0 Å². The summed E-state index contributed by atoms with van der Waals surface area (Å²) in [5.41, 5.74) is 5.72. The van der Waals surface area contributed by atoms with Crippen LogP contribution in [-0.2, 0) is 23.9 Å². The molecule has 222 valence electrons. The van der Waals surface area contributed by atoms with Gasteiger partial charge in [0.1, 0.15) is 12.1 Å². The fourth-order valence-corrected chi connectivity index (χ4v) is 4.27. The van der Waals surface area contributed by atoms with Gasteiger partial charge in [0, 0.05) is 24.1 Å². The molecule has 10 heteroatoms. The van der Waals surface area contributed by atoms with Gasteiger partial charge < -0.3 is 26.4 Å². The molecule has 0 aliphatic heterocycles. The SMILES string of the molecule is CCOC(=O)/C=C/[C@H](CC(C)C)NC(=O)[C@H](CCC(N)=O)NC(=O)[C@@H](NC(=O)c1ccc2ccccc2c1)C(C)C. The van der Waals surface area contributed by atoms with Gasteiger partial charge in [0.25, 0.3) is 5.91 Å². The number of primary amides is 1. The average Bonchev–Trinajstić information content (AvgIpc) is 2.91. The second-order valence-electron chi connectivity index (χ2n) is 10.7. The minimum absolute atomic E-state index is 0.0354. The second kappa shape index (κ2) is 16.2. The first kappa shape index (κ1) is 33.0. The molecule has 0 spiro atoms. The van der Waals surface area contributed by atoms with E-state index in [-0.39, 0.29) is 31.3 Å². The standard InChI is InChI=1S/C31H42N4O6/c1-6-41-27(37)16-13-24(17-19(2)3)33-30(39)25(14-15-26(32)36)34-31(40)28(20(4)5)35-29(38)23-12-11-21-9-7-8-10-22(21)18-23/h7-13,16,18-20,24-25,28H,6,14-15,17H2,1-5H3,(H2,32,36)(H,33,39)(H,34,40)(H,35,38)/b16-13+/t24-,25+,28+/m1/s1. The van der Waals surface area contributed by atoms with Gasteiger partial charge in [-0.15, -0.1) is 0 Å². The number of amides is 4. The first-order valence-corrected chi connectivity index (χ1v) is 13.9. The highest BCUT2D eigenvalue weighted by atomic mass is 16.5. The van der Waals surface area contributed by atoms with Gasteiger partial charge in [-0.3, -0.25) is 19.2 Å². The molecule has 0 unspecified atom stereocenters. The maximum Gasteiger partial charge on any atom is 0.330 e. The Bertz CT molecular complexity index is 1260. The van der Waals surface area contributed by atoms with Crippen LogP contribution in [-0.4, -0.2) is 54.3 Å². The molecule has 0 fully saturated rings. The molecule has 4 amide bonds. The number of nitrogens with one attached hydrogen (secondary N) is 3. The highest BCUT2D eigenvalue weighted by molar-refractivity contribution is 6.01. The van der Waals surface area contributed by atoms with Crippen LogP contribution >= 0.6 is 0 Å². The number of nitrogens with two attached hydrogens (primary N) is 1. The Morgan fingerprint density at radius 3 is 2.20 bits per heavy atom. The number of rotatable bonds is 15. The van der Waals surface area contributed by atoms with Crippen molar-refractivity contribution in [1.29, 1.82) is 0 Å². The summed E-state index contributed by atoms with van der Waals surface area (Å²) in [6.07, 6.45) is 3.15. The molecule has 2 aromatic rings. The van der Waals surface area contributed by atoms with Gasteiger partial charge in [0.05, 0.1) is 6.61 Å². The number of hydrogen-bond acceptors (Lipinski definition) is 6. The Morgan fingerprint density at radius 2 is 1.59 bits per heavy atom. The molecule has 5 N–H and O–H groups in total. The maximum atomic E-state index is 13.4.